The van der Waals surface area contributed by atoms with Crippen LogP contribution in [0.3, 0.4) is 0 Å². The number of nitrogens with one attached hydrogen (secondary N) is 1. The summed E-state index contributed by atoms with van der Waals surface area (Å²) >= 11 is 0. The number of benzene rings is 2. The van der Waals surface area contributed by atoms with Crippen LogP contribution in [0.1, 0.15) is 29.3 Å². The first-order chi connectivity index (χ1) is 12.4. The third-order valence-corrected chi connectivity index (χ3v) is 4.80. The molecule has 1 N–H and O–H groups in total. The number of hydrogen-bond donors (Lipinski definition) is 1. The van der Waals surface area contributed by atoms with Crippen molar-refractivity contribution in [3.63, 3.8) is 0 Å². The van der Waals surface area contributed by atoms with Crippen molar-refractivity contribution in [1.29, 1.82) is 0 Å². The van der Waals surface area contributed by atoms with Crippen LogP contribution in [0.4, 0.5) is 5.95 Å². The molecule has 2 aromatic carbocycles. The number of aromatic nitrogens is 2. The maximum Gasteiger partial charge on any atom is 0.257 e. The van der Waals surface area contributed by atoms with Gasteiger partial charge in [0.15, 0.2) is 9.84 Å². The predicted octanol–water partition coefficient (Wildman–Crippen LogP) is 3.24. The predicted molar refractivity (Wildman–Crippen MR) is 103 cm³/mol. The van der Waals surface area contributed by atoms with Gasteiger partial charge in [0.25, 0.3) is 5.91 Å². The number of amides is 1. The summed E-state index contributed by atoms with van der Waals surface area (Å²) < 4.78 is 24.9. The second kappa shape index (κ2) is 7.29. The third kappa shape index (κ3) is 4.11. The van der Waals surface area contributed by atoms with E-state index in [1.165, 1.54) is 6.26 Å². The maximum atomic E-state index is 12.7. The molecular weight excluding hydrogens is 350 g/mol. The number of para-hydroxylation sites is 2. The van der Waals surface area contributed by atoms with Crippen LogP contribution in [-0.4, -0.2) is 30.1 Å². The van der Waals surface area contributed by atoms with Crippen LogP contribution in [0.2, 0.25) is 0 Å². The van der Waals surface area contributed by atoms with Crippen molar-refractivity contribution in [2.75, 3.05) is 11.6 Å². The van der Waals surface area contributed by atoms with Gasteiger partial charge in [0.2, 0.25) is 5.95 Å². The molecule has 0 aliphatic rings. The highest BCUT2D eigenvalue weighted by Gasteiger charge is 2.15. The van der Waals surface area contributed by atoms with Gasteiger partial charge in [0.1, 0.15) is 0 Å². The van der Waals surface area contributed by atoms with Crippen LogP contribution >= 0.6 is 0 Å². The van der Waals surface area contributed by atoms with E-state index in [1.807, 2.05) is 28.8 Å². The van der Waals surface area contributed by atoms with Gasteiger partial charge < -0.3 is 4.57 Å². The minimum Gasteiger partial charge on any atom is -0.310 e. The molecule has 0 aliphatic heterocycles. The number of imidazole rings is 1. The molecule has 0 radical (unpaired) electrons. The van der Waals surface area contributed by atoms with Crippen LogP contribution in [0.15, 0.2) is 48.5 Å². The normalized spacial score (nSPS) is 11.6. The number of carbonyl (C=O) groups is 1. The van der Waals surface area contributed by atoms with Gasteiger partial charge in [-0.3, -0.25) is 10.1 Å². The van der Waals surface area contributed by atoms with Crippen LogP contribution in [0.5, 0.6) is 0 Å². The number of fused-ring (bicyclic) bond motifs is 1. The molecule has 0 saturated carbocycles. The molecule has 0 atom stereocenters. The van der Waals surface area contributed by atoms with E-state index in [2.05, 4.69) is 17.2 Å². The first-order valence-electron chi connectivity index (χ1n) is 8.40. The molecule has 7 heteroatoms. The van der Waals surface area contributed by atoms with Crippen molar-refractivity contribution < 1.29 is 13.2 Å². The second-order valence-electron chi connectivity index (χ2n) is 6.30. The van der Waals surface area contributed by atoms with Gasteiger partial charge in [0, 0.05) is 18.4 Å². The van der Waals surface area contributed by atoms with E-state index in [0.29, 0.717) is 17.1 Å². The molecule has 1 aromatic heterocycles. The number of aryl methyl sites for hydroxylation is 1. The number of hydrogen-bond acceptors (Lipinski definition) is 4. The van der Waals surface area contributed by atoms with Crippen molar-refractivity contribution >= 4 is 32.7 Å². The summed E-state index contributed by atoms with van der Waals surface area (Å²) in [5.74, 6) is 0.0854. The number of anilines is 1. The molecule has 1 heterocycles. The lowest BCUT2D eigenvalue weighted by Gasteiger charge is -2.09. The fourth-order valence-electron chi connectivity index (χ4n) is 2.90. The van der Waals surface area contributed by atoms with Gasteiger partial charge in [0.05, 0.1) is 16.8 Å². The van der Waals surface area contributed by atoms with Crippen LogP contribution in [-0.2, 0) is 22.1 Å². The molecule has 3 rings (SSSR count). The number of rotatable bonds is 6. The molecule has 0 bridgehead atoms. The number of nitrogens with zero attached hydrogens (tertiary/aromatic N) is 2. The SMILES string of the molecule is CCCn1c(NC(=O)c2cccc(CS(C)(=O)=O)c2)nc2ccccc21. The van der Waals surface area contributed by atoms with Crippen molar-refractivity contribution in [2.24, 2.45) is 0 Å². The Hall–Kier alpha value is -2.67. The Morgan fingerprint density at radius 3 is 2.65 bits per heavy atom. The highest BCUT2D eigenvalue weighted by molar-refractivity contribution is 7.89. The van der Waals surface area contributed by atoms with Crippen molar-refractivity contribution in [1.82, 2.24) is 9.55 Å². The van der Waals surface area contributed by atoms with E-state index < -0.39 is 9.84 Å². The minimum atomic E-state index is -3.16. The number of carbonyl (C=O) groups excluding carboxylic acids is 1. The Morgan fingerprint density at radius 2 is 1.92 bits per heavy atom. The van der Waals surface area contributed by atoms with E-state index in [-0.39, 0.29) is 11.7 Å². The topological polar surface area (TPSA) is 81.1 Å². The lowest BCUT2D eigenvalue weighted by Crippen LogP contribution is -2.16. The summed E-state index contributed by atoms with van der Waals surface area (Å²) in [6, 6.07) is 14.4. The molecule has 0 aliphatic carbocycles. The van der Waals surface area contributed by atoms with Crippen LogP contribution < -0.4 is 5.32 Å². The zero-order valence-electron chi connectivity index (χ0n) is 14.8. The zero-order chi connectivity index (χ0) is 18.7. The van der Waals surface area contributed by atoms with Gasteiger partial charge >= 0.3 is 0 Å². The Bertz CT molecular complexity index is 1050. The van der Waals surface area contributed by atoms with Crippen molar-refractivity contribution in [3.8, 4) is 0 Å². The molecule has 26 heavy (non-hydrogen) atoms. The third-order valence-electron chi connectivity index (χ3n) is 3.95. The van der Waals surface area contributed by atoms with Crippen molar-refractivity contribution in [2.45, 2.75) is 25.6 Å². The Kier molecular flexibility index (Phi) is 5.08. The summed E-state index contributed by atoms with van der Waals surface area (Å²) in [4.78, 5) is 17.2. The lowest BCUT2D eigenvalue weighted by molar-refractivity contribution is 0.102. The van der Waals surface area contributed by atoms with E-state index in [9.17, 15) is 13.2 Å². The van der Waals surface area contributed by atoms with Gasteiger partial charge in [-0.15, -0.1) is 0 Å². The van der Waals surface area contributed by atoms with E-state index in [0.717, 1.165) is 24.0 Å². The minimum absolute atomic E-state index is 0.0948. The zero-order valence-corrected chi connectivity index (χ0v) is 15.6. The average molecular weight is 371 g/mol. The fourth-order valence-corrected chi connectivity index (χ4v) is 3.68. The Morgan fingerprint density at radius 1 is 1.15 bits per heavy atom. The summed E-state index contributed by atoms with van der Waals surface area (Å²) in [6.45, 7) is 2.80. The first-order valence-corrected chi connectivity index (χ1v) is 10.5. The largest absolute Gasteiger partial charge is 0.310 e. The van der Waals surface area contributed by atoms with E-state index in [1.54, 1.807) is 24.3 Å². The van der Waals surface area contributed by atoms with E-state index >= 15 is 0 Å². The molecule has 0 saturated heterocycles. The van der Waals surface area contributed by atoms with E-state index in [4.69, 9.17) is 0 Å². The number of sulfone groups is 1. The van der Waals surface area contributed by atoms with Gasteiger partial charge in [-0.1, -0.05) is 31.2 Å². The summed E-state index contributed by atoms with van der Waals surface area (Å²) in [5.41, 5.74) is 2.78. The maximum absolute atomic E-state index is 12.7. The van der Waals surface area contributed by atoms with Gasteiger partial charge in [-0.2, -0.15) is 0 Å². The van der Waals surface area contributed by atoms with Crippen LogP contribution in [0.25, 0.3) is 11.0 Å². The Balaban J connectivity index is 1.90. The second-order valence-corrected chi connectivity index (χ2v) is 8.44. The molecule has 3 aromatic rings. The summed E-state index contributed by atoms with van der Waals surface area (Å²) in [7, 11) is -3.16. The quantitative estimate of drug-likeness (QED) is 0.721. The average Bonchev–Trinajstić information content (AvgIpc) is 2.91. The molecule has 0 fully saturated rings. The lowest BCUT2D eigenvalue weighted by atomic mass is 10.1. The van der Waals surface area contributed by atoms with Gasteiger partial charge in [-0.25, -0.2) is 13.4 Å². The molecular formula is C19H21N3O3S. The highest BCUT2D eigenvalue weighted by atomic mass is 32.2. The van der Waals surface area contributed by atoms with Crippen molar-refractivity contribution in [3.05, 3.63) is 59.7 Å². The molecule has 136 valence electrons. The highest BCUT2D eigenvalue weighted by Crippen LogP contribution is 2.21. The standard InChI is InChI=1S/C19H21N3O3S/c1-3-11-22-17-10-5-4-9-16(17)20-19(22)21-18(23)15-8-6-7-14(12-15)13-26(2,24)25/h4-10,12H,3,11,13H2,1-2H3,(H,20,21,23). The Labute approximate surface area is 152 Å². The molecule has 0 unspecified atom stereocenters. The smallest absolute Gasteiger partial charge is 0.257 e. The van der Waals surface area contributed by atoms with Crippen LogP contribution in [0, 0.1) is 0 Å². The fraction of sp³-hybridized carbons (Fsp3) is 0.263. The summed E-state index contributed by atoms with van der Waals surface area (Å²) in [5, 5.41) is 2.85. The molecule has 1 amide bonds. The van der Waals surface area contributed by atoms with Gasteiger partial charge in [-0.05, 0) is 36.2 Å². The summed E-state index contributed by atoms with van der Waals surface area (Å²) in [6.07, 6.45) is 2.08. The monoisotopic (exact) mass is 371 g/mol. The molecule has 0 spiro atoms. The first kappa shape index (κ1) is 18.1. The molecule has 6 nitrogen and oxygen atoms in total.